The van der Waals surface area contributed by atoms with Gasteiger partial charge in [-0.25, -0.2) is 0 Å². The number of carboxylic acid groups (broad SMARTS) is 1. The summed E-state index contributed by atoms with van der Waals surface area (Å²) >= 11 is 0. The zero-order valence-electron chi connectivity index (χ0n) is 10.7. The van der Waals surface area contributed by atoms with Crippen molar-refractivity contribution in [3.8, 4) is 0 Å². The standard InChI is InChI=1S/C14H19NO3/c1-10-12(8-9-18-10)15(2)13(14(16)17)11-6-4-3-5-7-11/h3-7,10,12-13H,8-9H2,1-2H3,(H,16,17). The van der Waals surface area contributed by atoms with Crippen LogP contribution in [0.2, 0.25) is 0 Å². The van der Waals surface area contributed by atoms with Crippen LogP contribution in [-0.2, 0) is 9.53 Å². The van der Waals surface area contributed by atoms with E-state index >= 15 is 0 Å². The number of hydrogen-bond donors (Lipinski definition) is 1. The zero-order valence-corrected chi connectivity index (χ0v) is 10.7. The number of carboxylic acids is 1. The van der Waals surface area contributed by atoms with Crippen molar-refractivity contribution in [2.45, 2.75) is 31.5 Å². The molecule has 0 spiro atoms. The fourth-order valence-corrected chi connectivity index (χ4v) is 2.63. The van der Waals surface area contributed by atoms with Gasteiger partial charge >= 0.3 is 5.97 Å². The van der Waals surface area contributed by atoms with E-state index in [4.69, 9.17) is 4.74 Å². The quantitative estimate of drug-likeness (QED) is 0.885. The van der Waals surface area contributed by atoms with Gasteiger partial charge in [-0.3, -0.25) is 9.69 Å². The van der Waals surface area contributed by atoms with E-state index in [1.54, 1.807) is 0 Å². The zero-order chi connectivity index (χ0) is 13.1. The molecule has 1 aliphatic rings. The van der Waals surface area contributed by atoms with Crippen molar-refractivity contribution in [2.75, 3.05) is 13.7 Å². The van der Waals surface area contributed by atoms with Crippen LogP contribution in [0.5, 0.6) is 0 Å². The molecule has 1 saturated heterocycles. The van der Waals surface area contributed by atoms with Crippen LogP contribution in [-0.4, -0.2) is 41.8 Å². The highest BCUT2D eigenvalue weighted by atomic mass is 16.5. The van der Waals surface area contributed by atoms with E-state index in [2.05, 4.69) is 0 Å². The van der Waals surface area contributed by atoms with Crippen molar-refractivity contribution in [1.82, 2.24) is 4.90 Å². The van der Waals surface area contributed by atoms with Crippen LogP contribution in [0.1, 0.15) is 24.9 Å². The minimum atomic E-state index is -0.817. The van der Waals surface area contributed by atoms with Gasteiger partial charge < -0.3 is 9.84 Å². The topological polar surface area (TPSA) is 49.8 Å². The Morgan fingerprint density at radius 2 is 2.11 bits per heavy atom. The van der Waals surface area contributed by atoms with Crippen LogP contribution in [0, 0.1) is 0 Å². The molecule has 0 saturated carbocycles. The second-order valence-electron chi connectivity index (χ2n) is 4.75. The average Bonchev–Trinajstić information content (AvgIpc) is 2.76. The third-order valence-electron chi connectivity index (χ3n) is 3.62. The Balaban J connectivity index is 2.23. The molecule has 0 radical (unpaired) electrons. The maximum Gasteiger partial charge on any atom is 0.325 e. The predicted octanol–water partition coefficient (Wildman–Crippen LogP) is 1.92. The number of hydrogen-bond acceptors (Lipinski definition) is 3. The lowest BCUT2D eigenvalue weighted by atomic mass is 10.0. The van der Waals surface area contributed by atoms with Crippen LogP contribution >= 0.6 is 0 Å². The molecule has 2 rings (SSSR count). The Kier molecular flexibility index (Phi) is 3.99. The summed E-state index contributed by atoms with van der Waals surface area (Å²) in [6.45, 7) is 2.70. The van der Waals surface area contributed by atoms with E-state index in [-0.39, 0.29) is 12.1 Å². The fraction of sp³-hybridized carbons (Fsp3) is 0.500. The third kappa shape index (κ3) is 2.54. The van der Waals surface area contributed by atoms with E-state index in [0.717, 1.165) is 12.0 Å². The third-order valence-corrected chi connectivity index (χ3v) is 3.62. The summed E-state index contributed by atoms with van der Waals surface area (Å²) in [6, 6.07) is 8.89. The number of aliphatic carboxylic acids is 1. The van der Waals surface area contributed by atoms with Gasteiger partial charge in [-0.15, -0.1) is 0 Å². The van der Waals surface area contributed by atoms with Crippen molar-refractivity contribution in [3.05, 3.63) is 35.9 Å². The van der Waals surface area contributed by atoms with Crippen LogP contribution in [0.3, 0.4) is 0 Å². The highest BCUT2D eigenvalue weighted by Crippen LogP contribution is 2.27. The van der Waals surface area contributed by atoms with Gasteiger partial charge in [0.1, 0.15) is 6.04 Å². The summed E-state index contributed by atoms with van der Waals surface area (Å²) in [5.74, 6) is -0.817. The maximum absolute atomic E-state index is 11.5. The van der Waals surface area contributed by atoms with Crippen molar-refractivity contribution < 1.29 is 14.6 Å². The summed E-state index contributed by atoms with van der Waals surface area (Å²) < 4.78 is 5.52. The molecule has 4 heteroatoms. The first-order valence-electron chi connectivity index (χ1n) is 6.22. The SMILES string of the molecule is CC1OCCC1N(C)C(C(=O)O)c1ccccc1. The molecule has 1 fully saturated rings. The Bertz CT molecular complexity index is 407. The minimum absolute atomic E-state index is 0.0839. The first kappa shape index (κ1) is 13.1. The molecule has 1 aliphatic heterocycles. The van der Waals surface area contributed by atoms with Crippen molar-refractivity contribution in [1.29, 1.82) is 0 Å². The maximum atomic E-state index is 11.5. The lowest BCUT2D eigenvalue weighted by molar-refractivity contribution is -0.144. The second-order valence-corrected chi connectivity index (χ2v) is 4.75. The van der Waals surface area contributed by atoms with Crippen LogP contribution in [0.15, 0.2) is 30.3 Å². The van der Waals surface area contributed by atoms with Gasteiger partial charge in [-0.1, -0.05) is 30.3 Å². The first-order chi connectivity index (χ1) is 8.61. The number of carbonyl (C=O) groups is 1. The first-order valence-corrected chi connectivity index (χ1v) is 6.22. The normalized spacial score (nSPS) is 25.3. The smallest absolute Gasteiger partial charge is 0.325 e. The Morgan fingerprint density at radius 3 is 2.61 bits per heavy atom. The monoisotopic (exact) mass is 249 g/mol. The highest BCUT2D eigenvalue weighted by molar-refractivity contribution is 5.75. The Hall–Kier alpha value is -1.39. The molecule has 1 aromatic rings. The summed E-state index contributed by atoms with van der Waals surface area (Å²) in [5, 5.41) is 9.46. The van der Waals surface area contributed by atoms with Gasteiger partial charge in [-0.05, 0) is 26.0 Å². The molecule has 3 atom stereocenters. The second kappa shape index (κ2) is 5.50. The fourth-order valence-electron chi connectivity index (χ4n) is 2.63. The average molecular weight is 249 g/mol. The van der Waals surface area contributed by atoms with E-state index in [0.29, 0.717) is 6.61 Å². The van der Waals surface area contributed by atoms with E-state index < -0.39 is 12.0 Å². The summed E-state index contributed by atoms with van der Waals surface area (Å²) in [7, 11) is 1.86. The number of nitrogens with zero attached hydrogens (tertiary/aromatic N) is 1. The largest absolute Gasteiger partial charge is 0.480 e. The number of ether oxygens (including phenoxy) is 1. The van der Waals surface area contributed by atoms with Gasteiger partial charge in [0.2, 0.25) is 0 Å². The molecule has 3 unspecified atom stereocenters. The Labute approximate surface area is 107 Å². The van der Waals surface area contributed by atoms with Crippen LogP contribution < -0.4 is 0 Å². The minimum Gasteiger partial charge on any atom is -0.480 e. The molecule has 4 nitrogen and oxygen atoms in total. The lowest BCUT2D eigenvalue weighted by Gasteiger charge is -2.32. The Morgan fingerprint density at radius 1 is 1.44 bits per heavy atom. The lowest BCUT2D eigenvalue weighted by Crippen LogP contribution is -2.42. The number of rotatable bonds is 4. The summed E-state index contributed by atoms with van der Waals surface area (Å²) in [5.41, 5.74) is 0.812. The predicted molar refractivity (Wildman–Crippen MR) is 68.4 cm³/mol. The molecule has 0 aromatic heterocycles. The van der Waals surface area contributed by atoms with E-state index in [1.165, 1.54) is 0 Å². The van der Waals surface area contributed by atoms with Crippen LogP contribution in [0.25, 0.3) is 0 Å². The van der Waals surface area contributed by atoms with E-state index in [9.17, 15) is 9.90 Å². The highest BCUT2D eigenvalue weighted by Gasteiger charge is 2.35. The molecular weight excluding hydrogens is 230 g/mol. The van der Waals surface area contributed by atoms with Gasteiger partial charge in [0, 0.05) is 12.6 Å². The summed E-state index contributed by atoms with van der Waals surface area (Å²) in [6.07, 6.45) is 0.967. The van der Waals surface area contributed by atoms with Crippen LogP contribution in [0.4, 0.5) is 0 Å². The molecule has 0 amide bonds. The molecule has 0 bridgehead atoms. The molecular formula is C14H19NO3. The van der Waals surface area contributed by atoms with E-state index in [1.807, 2.05) is 49.2 Å². The van der Waals surface area contributed by atoms with Crippen molar-refractivity contribution >= 4 is 5.97 Å². The summed E-state index contributed by atoms with van der Waals surface area (Å²) in [4.78, 5) is 13.4. The van der Waals surface area contributed by atoms with Crippen molar-refractivity contribution in [3.63, 3.8) is 0 Å². The number of benzene rings is 1. The molecule has 1 aromatic carbocycles. The van der Waals surface area contributed by atoms with Gasteiger partial charge in [0.15, 0.2) is 0 Å². The molecule has 18 heavy (non-hydrogen) atoms. The van der Waals surface area contributed by atoms with Gasteiger partial charge in [-0.2, -0.15) is 0 Å². The van der Waals surface area contributed by atoms with Crippen molar-refractivity contribution in [2.24, 2.45) is 0 Å². The van der Waals surface area contributed by atoms with Gasteiger partial charge in [0.25, 0.3) is 0 Å². The van der Waals surface area contributed by atoms with Gasteiger partial charge in [0.05, 0.1) is 6.10 Å². The number of likely N-dealkylation sites (N-methyl/N-ethyl adjacent to an activating group) is 1. The molecule has 1 heterocycles. The molecule has 98 valence electrons. The molecule has 1 N–H and O–H groups in total. The molecule has 0 aliphatic carbocycles.